The lowest BCUT2D eigenvalue weighted by molar-refractivity contribution is -0.267. The van der Waals surface area contributed by atoms with Crippen LogP contribution in [-0.4, -0.2) is 16.5 Å². The highest BCUT2D eigenvalue weighted by Crippen LogP contribution is 2.16. The summed E-state index contributed by atoms with van der Waals surface area (Å²) in [5.41, 5.74) is 4.67. The van der Waals surface area contributed by atoms with Gasteiger partial charge in [0.15, 0.2) is 0 Å². The molecule has 1 aromatic rings. The van der Waals surface area contributed by atoms with Crippen molar-refractivity contribution >= 4 is 17.8 Å². The second-order valence-electron chi connectivity index (χ2n) is 2.37. The molecule has 0 saturated carbocycles. The molecule has 0 radical (unpaired) electrons. The summed E-state index contributed by atoms with van der Waals surface area (Å²) in [5.74, 6) is 1.44. The molecule has 0 fully saturated rings. The number of aromatic nitrogens is 2. The van der Waals surface area contributed by atoms with E-state index < -0.39 is 0 Å². The predicted molar refractivity (Wildman–Crippen MR) is 42.1 cm³/mol. The quantitative estimate of drug-likeness (QED) is 0.490. The average Bonchev–Trinajstić information content (AvgIpc) is 2.04. The molecule has 0 saturated heterocycles. The van der Waals surface area contributed by atoms with Crippen LogP contribution in [0.3, 0.4) is 0 Å². The fourth-order valence-corrected chi connectivity index (χ4v) is 1.03. The molecule has 1 aliphatic rings. The summed E-state index contributed by atoms with van der Waals surface area (Å²) in [6, 6.07) is 0. The summed E-state index contributed by atoms with van der Waals surface area (Å²) in [5, 5.41) is 3.13. The van der Waals surface area contributed by atoms with E-state index in [0.29, 0.717) is 5.95 Å². The molecule has 64 valence electrons. The molecule has 5 heteroatoms. The smallest absolute Gasteiger partial charge is 0.325 e. The van der Waals surface area contributed by atoms with Gasteiger partial charge in [0.2, 0.25) is 0 Å². The number of hydrogen-bond acceptors (Lipinski definition) is 3. The Bertz CT molecular complexity index is 310. The Kier molecular flexibility index (Phi) is 2.99. The maximum Gasteiger partial charge on any atom is 0.325 e. The minimum Gasteiger partial charge on any atom is -1.00 e. The second kappa shape index (κ2) is 3.81. The van der Waals surface area contributed by atoms with E-state index in [4.69, 9.17) is 0 Å². The van der Waals surface area contributed by atoms with Crippen LogP contribution in [0.2, 0.25) is 0 Å². The first-order valence-electron chi connectivity index (χ1n) is 3.46. The summed E-state index contributed by atoms with van der Waals surface area (Å²) >= 11 is 0. The van der Waals surface area contributed by atoms with E-state index in [-0.39, 0.29) is 24.0 Å². The Balaban J connectivity index is 0.000000720. The van der Waals surface area contributed by atoms with Gasteiger partial charge in [0.05, 0.1) is 0 Å². The first kappa shape index (κ1) is 9.40. The zero-order chi connectivity index (χ0) is 7.68. The van der Waals surface area contributed by atoms with E-state index in [0.717, 1.165) is 17.9 Å². The van der Waals surface area contributed by atoms with Gasteiger partial charge in [0.1, 0.15) is 5.82 Å². The van der Waals surface area contributed by atoms with Gasteiger partial charge in [0.25, 0.3) is 0 Å². The fourth-order valence-electron chi connectivity index (χ4n) is 1.03. The van der Waals surface area contributed by atoms with Crippen LogP contribution in [0.4, 0.5) is 11.8 Å². The van der Waals surface area contributed by atoms with Crippen molar-refractivity contribution in [2.45, 2.75) is 0 Å². The van der Waals surface area contributed by atoms with Crippen LogP contribution in [0.25, 0.3) is 6.08 Å². The van der Waals surface area contributed by atoms with Crippen LogP contribution < -0.4 is 35.0 Å². The van der Waals surface area contributed by atoms with E-state index in [9.17, 15) is 0 Å². The van der Waals surface area contributed by atoms with Gasteiger partial charge >= 0.3 is 5.95 Å². The number of hydrogen-bond donors (Lipinski definition) is 2. The van der Waals surface area contributed by atoms with Crippen molar-refractivity contribution in [3.8, 4) is 0 Å². The van der Waals surface area contributed by atoms with Crippen LogP contribution in [0.15, 0.2) is 12.3 Å². The van der Waals surface area contributed by atoms with Crippen LogP contribution >= 0.6 is 0 Å². The third-order valence-corrected chi connectivity index (χ3v) is 1.55. The number of nitrogens with one attached hydrogen (secondary N) is 1. The maximum atomic E-state index is 4.13. The normalized spacial score (nSPS) is 12.8. The highest BCUT2D eigenvalue weighted by atomic mass is 127. The van der Waals surface area contributed by atoms with Gasteiger partial charge in [-0.1, -0.05) is 12.2 Å². The van der Waals surface area contributed by atoms with Crippen molar-refractivity contribution in [3.63, 3.8) is 0 Å². The van der Waals surface area contributed by atoms with Gasteiger partial charge in [-0.15, -0.1) is 0 Å². The third-order valence-electron chi connectivity index (χ3n) is 1.55. The minimum atomic E-state index is 0. The van der Waals surface area contributed by atoms with E-state index >= 15 is 0 Å². The predicted octanol–water partition coefficient (Wildman–Crippen LogP) is -3.21. The Morgan fingerprint density at radius 3 is 3.17 bits per heavy atom. The van der Waals surface area contributed by atoms with Crippen molar-refractivity contribution in [2.75, 3.05) is 11.9 Å². The van der Waals surface area contributed by atoms with Crippen molar-refractivity contribution in [1.82, 2.24) is 9.97 Å². The SMILES string of the molecule is [I-].[NH3+]c1ncc2c(n1)NCC=C2. The van der Waals surface area contributed by atoms with Crippen LogP contribution in [0.5, 0.6) is 0 Å². The highest BCUT2D eigenvalue weighted by molar-refractivity contribution is 5.65. The summed E-state index contributed by atoms with van der Waals surface area (Å²) in [7, 11) is 0. The summed E-state index contributed by atoms with van der Waals surface area (Å²) in [6.45, 7) is 0.837. The Labute approximate surface area is 87.3 Å². The molecule has 0 aliphatic carbocycles. The molecule has 0 aromatic carbocycles. The van der Waals surface area contributed by atoms with E-state index in [1.807, 2.05) is 12.2 Å². The van der Waals surface area contributed by atoms with Crippen molar-refractivity contribution in [2.24, 2.45) is 0 Å². The van der Waals surface area contributed by atoms with Crippen molar-refractivity contribution in [3.05, 3.63) is 17.8 Å². The zero-order valence-corrected chi connectivity index (χ0v) is 8.58. The number of nitrogens with zero attached hydrogens (tertiary/aromatic N) is 2. The van der Waals surface area contributed by atoms with Gasteiger partial charge in [-0.2, -0.15) is 9.97 Å². The molecule has 0 amide bonds. The van der Waals surface area contributed by atoms with Gasteiger partial charge in [-0.05, 0) is 0 Å². The Hall–Kier alpha value is -0.690. The molecule has 4 N–H and O–H groups in total. The van der Waals surface area contributed by atoms with Gasteiger partial charge in [0, 0.05) is 18.3 Å². The van der Waals surface area contributed by atoms with Crippen LogP contribution in [0.1, 0.15) is 5.56 Å². The number of halogens is 1. The molecular formula is C7H9IN4. The molecule has 1 aromatic heterocycles. The van der Waals surface area contributed by atoms with Gasteiger partial charge in [-0.3, -0.25) is 5.73 Å². The minimum absolute atomic E-state index is 0. The highest BCUT2D eigenvalue weighted by Gasteiger charge is 2.06. The van der Waals surface area contributed by atoms with Gasteiger partial charge < -0.3 is 29.3 Å². The number of anilines is 1. The molecule has 2 heterocycles. The molecule has 0 atom stereocenters. The lowest BCUT2D eigenvalue weighted by atomic mass is 10.2. The summed E-state index contributed by atoms with van der Waals surface area (Å²) in [6.07, 6.45) is 5.81. The second-order valence-corrected chi connectivity index (χ2v) is 2.37. The molecule has 1 aliphatic heterocycles. The van der Waals surface area contributed by atoms with Crippen molar-refractivity contribution < 1.29 is 29.7 Å². The molecule has 12 heavy (non-hydrogen) atoms. The number of rotatable bonds is 0. The van der Waals surface area contributed by atoms with Crippen LogP contribution in [-0.2, 0) is 0 Å². The monoisotopic (exact) mass is 276 g/mol. The molecular weight excluding hydrogens is 267 g/mol. The van der Waals surface area contributed by atoms with E-state index in [2.05, 4.69) is 21.0 Å². The summed E-state index contributed by atoms with van der Waals surface area (Å²) in [4.78, 5) is 8.11. The topological polar surface area (TPSA) is 65.5 Å². The average molecular weight is 276 g/mol. The first-order chi connectivity index (χ1) is 5.36. The lowest BCUT2D eigenvalue weighted by Crippen LogP contribution is -3.00. The third kappa shape index (κ3) is 1.72. The first-order valence-corrected chi connectivity index (χ1v) is 3.46. The standard InChI is InChI=1S/C7H8N4.HI/c8-7-10-4-5-2-1-3-9-6(5)11-7;/h1-2,4H,3H2,(H3,8,9,10,11);1H. The Morgan fingerprint density at radius 1 is 1.50 bits per heavy atom. The Morgan fingerprint density at radius 2 is 2.33 bits per heavy atom. The fraction of sp³-hybridized carbons (Fsp3) is 0.143. The largest absolute Gasteiger partial charge is 1.00 e. The van der Waals surface area contributed by atoms with Crippen molar-refractivity contribution in [1.29, 1.82) is 0 Å². The van der Waals surface area contributed by atoms with E-state index in [1.54, 1.807) is 6.20 Å². The lowest BCUT2D eigenvalue weighted by Gasteiger charge is -2.09. The number of quaternary nitrogens is 1. The van der Waals surface area contributed by atoms with Gasteiger partial charge in [-0.25, -0.2) is 0 Å². The number of fused-ring (bicyclic) bond motifs is 1. The molecule has 0 bridgehead atoms. The van der Waals surface area contributed by atoms with Crippen LogP contribution in [0, 0.1) is 0 Å². The zero-order valence-electron chi connectivity index (χ0n) is 6.42. The molecule has 0 spiro atoms. The van der Waals surface area contributed by atoms with E-state index in [1.165, 1.54) is 0 Å². The molecule has 2 rings (SSSR count). The summed E-state index contributed by atoms with van der Waals surface area (Å²) < 4.78 is 0. The maximum absolute atomic E-state index is 4.13. The molecule has 4 nitrogen and oxygen atoms in total. The molecule has 0 unspecified atom stereocenters.